The molecular weight excluding hydrogens is 274 g/mol. The second-order valence-corrected chi connectivity index (χ2v) is 4.74. The highest BCUT2D eigenvalue weighted by molar-refractivity contribution is 6.31. The van der Waals surface area contributed by atoms with Crippen molar-refractivity contribution in [3.05, 3.63) is 58.1 Å². The number of aryl methyl sites for hydroxylation is 1. The van der Waals surface area contributed by atoms with Gasteiger partial charge in [0.15, 0.2) is 0 Å². The fourth-order valence-electron chi connectivity index (χ4n) is 1.73. The fraction of sp³-hybridized carbons (Fsp3) is 0.0667. The Bertz CT molecular complexity index is 720. The molecule has 2 rings (SSSR count). The first-order valence-electron chi connectivity index (χ1n) is 5.88. The summed E-state index contributed by atoms with van der Waals surface area (Å²) in [6.07, 6.45) is 0. The van der Waals surface area contributed by atoms with Crippen LogP contribution in [0.3, 0.4) is 0 Å². The highest BCUT2D eigenvalue weighted by atomic mass is 35.5. The molecule has 5 heteroatoms. The van der Waals surface area contributed by atoms with Crippen LogP contribution in [0.1, 0.15) is 21.5 Å². The lowest BCUT2D eigenvalue weighted by atomic mass is 10.1. The second kappa shape index (κ2) is 5.64. The van der Waals surface area contributed by atoms with Gasteiger partial charge in [0.05, 0.1) is 23.0 Å². The molecule has 1 amide bonds. The van der Waals surface area contributed by atoms with Gasteiger partial charge in [0, 0.05) is 10.6 Å². The minimum absolute atomic E-state index is 0.277. The van der Waals surface area contributed by atoms with Crippen LogP contribution < -0.4 is 11.1 Å². The molecule has 0 spiro atoms. The molecule has 2 aromatic carbocycles. The molecule has 20 heavy (non-hydrogen) atoms. The van der Waals surface area contributed by atoms with Gasteiger partial charge in [0.1, 0.15) is 0 Å². The Morgan fingerprint density at radius 1 is 1.30 bits per heavy atom. The van der Waals surface area contributed by atoms with E-state index in [4.69, 9.17) is 22.6 Å². The average Bonchev–Trinajstić information content (AvgIpc) is 2.43. The summed E-state index contributed by atoms with van der Waals surface area (Å²) in [6.45, 7) is 1.83. The van der Waals surface area contributed by atoms with Crippen LogP contribution in [0.4, 0.5) is 11.4 Å². The predicted octanol–water partition coefficient (Wildman–Crippen LogP) is 3.35. The van der Waals surface area contributed by atoms with E-state index in [1.807, 2.05) is 13.0 Å². The summed E-state index contributed by atoms with van der Waals surface area (Å²) < 4.78 is 0. The molecule has 0 saturated carbocycles. The lowest BCUT2D eigenvalue weighted by molar-refractivity contribution is 0.102. The average molecular weight is 286 g/mol. The van der Waals surface area contributed by atoms with E-state index >= 15 is 0 Å². The number of hydrogen-bond acceptors (Lipinski definition) is 3. The fourth-order valence-corrected chi connectivity index (χ4v) is 1.84. The van der Waals surface area contributed by atoms with Gasteiger partial charge in [0.25, 0.3) is 5.91 Å². The number of nitrogens with two attached hydrogens (primary N) is 1. The zero-order chi connectivity index (χ0) is 14.7. The van der Waals surface area contributed by atoms with Gasteiger partial charge in [-0.2, -0.15) is 5.26 Å². The molecule has 0 heterocycles. The number of benzene rings is 2. The van der Waals surface area contributed by atoms with Gasteiger partial charge in [-0.3, -0.25) is 4.79 Å². The van der Waals surface area contributed by atoms with E-state index in [9.17, 15) is 4.79 Å². The number of nitrogens with one attached hydrogen (secondary N) is 1. The van der Waals surface area contributed by atoms with Crippen molar-refractivity contribution in [3.63, 3.8) is 0 Å². The molecule has 0 radical (unpaired) electrons. The third kappa shape index (κ3) is 2.90. The number of rotatable bonds is 2. The Balaban J connectivity index is 2.23. The van der Waals surface area contributed by atoms with Gasteiger partial charge in [-0.1, -0.05) is 11.6 Å². The lowest BCUT2D eigenvalue weighted by Gasteiger charge is -2.09. The van der Waals surface area contributed by atoms with E-state index in [2.05, 4.69) is 5.32 Å². The van der Waals surface area contributed by atoms with Crippen LogP contribution in [0.25, 0.3) is 0 Å². The molecule has 0 aromatic heterocycles. The van der Waals surface area contributed by atoms with Crippen molar-refractivity contribution in [2.45, 2.75) is 6.92 Å². The SMILES string of the molecule is Cc1cc(C(=O)Nc2ccc(C#N)cc2N)ccc1Cl. The first kappa shape index (κ1) is 13.9. The first-order valence-corrected chi connectivity index (χ1v) is 6.26. The van der Waals surface area contributed by atoms with E-state index in [1.165, 1.54) is 6.07 Å². The van der Waals surface area contributed by atoms with E-state index < -0.39 is 0 Å². The summed E-state index contributed by atoms with van der Waals surface area (Å²) in [5, 5.41) is 12.1. The van der Waals surface area contributed by atoms with Crippen molar-refractivity contribution in [1.82, 2.24) is 0 Å². The van der Waals surface area contributed by atoms with Crippen molar-refractivity contribution >= 4 is 28.9 Å². The number of anilines is 2. The summed E-state index contributed by atoms with van der Waals surface area (Å²) in [6, 6.07) is 11.7. The van der Waals surface area contributed by atoms with Crippen molar-refractivity contribution in [3.8, 4) is 6.07 Å². The summed E-state index contributed by atoms with van der Waals surface area (Å²) >= 11 is 5.92. The minimum Gasteiger partial charge on any atom is -0.397 e. The predicted molar refractivity (Wildman–Crippen MR) is 79.7 cm³/mol. The third-order valence-electron chi connectivity index (χ3n) is 2.85. The Labute approximate surface area is 121 Å². The number of amides is 1. The Morgan fingerprint density at radius 3 is 2.65 bits per heavy atom. The van der Waals surface area contributed by atoms with Gasteiger partial charge in [-0.15, -0.1) is 0 Å². The van der Waals surface area contributed by atoms with Crippen LogP contribution in [0.5, 0.6) is 0 Å². The maximum atomic E-state index is 12.1. The summed E-state index contributed by atoms with van der Waals surface area (Å²) in [5.41, 5.74) is 8.38. The molecule has 4 nitrogen and oxygen atoms in total. The van der Waals surface area contributed by atoms with Gasteiger partial charge in [-0.25, -0.2) is 0 Å². The maximum absolute atomic E-state index is 12.1. The van der Waals surface area contributed by atoms with Crippen molar-refractivity contribution < 1.29 is 4.79 Å². The molecule has 0 aliphatic carbocycles. The van der Waals surface area contributed by atoms with E-state index in [-0.39, 0.29) is 5.91 Å². The van der Waals surface area contributed by atoms with Gasteiger partial charge >= 0.3 is 0 Å². The normalized spacial score (nSPS) is 9.85. The Kier molecular flexibility index (Phi) is 3.92. The van der Waals surface area contributed by atoms with Crippen molar-refractivity contribution in [2.24, 2.45) is 0 Å². The Hall–Kier alpha value is -2.51. The zero-order valence-corrected chi connectivity index (χ0v) is 11.5. The second-order valence-electron chi connectivity index (χ2n) is 4.33. The molecule has 0 aliphatic heterocycles. The number of nitrogens with zero attached hydrogens (tertiary/aromatic N) is 1. The van der Waals surface area contributed by atoms with Crippen LogP contribution in [0.15, 0.2) is 36.4 Å². The quantitative estimate of drug-likeness (QED) is 0.831. The molecule has 0 fully saturated rings. The van der Waals surface area contributed by atoms with Crippen molar-refractivity contribution in [1.29, 1.82) is 5.26 Å². The standard InChI is InChI=1S/C15H12ClN3O/c1-9-6-11(3-4-12(9)16)15(20)19-14-5-2-10(8-17)7-13(14)18/h2-7H,18H2,1H3,(H,19,20). The van der Waals surface area contributed by atoms with Gasteiger partial charge in [-0.05, 0) is 48.9 Å². The van der Waals surface area contributed by atoms with Crippen molar-refractivity contribution in [2.75, 3.05) is 11.1 Å². The number of halogens is 1. The summed E-state index contributed by atoms with van der Waals surface area (Å²) in [7, 11) is 0. The molecule has 0 saturated heterocycles. The van der Waals surface area contributed by atoms with E-state index in [0.717, 1.165) is 5.56 Å². The van der Waals surface area contributed by atoms with Crippen LogP contribution in [0.2, 0.25) is 5.02 Å². The summed E-state index contributed by atoms with van der Waals surface area (Å²) in [4.78, 5) is 12.1. The number of carbonyl (C=O) groups excluding carboxylic acids is 1. The molecule has 0 atom stereocenters. The highest BCUT2D eigenvalue weighted by Crippen LogP contribution is 2.21. The van der Waals surface area contributed by atoms with E-state index in [1.54, 1.807) is 30.3 Å². The smallest absolute Gasteiger partial charge is 0.255 e. The zero-order valence-electron chi connectivity index (χ0n) is 10.8. The highest BCUT2D eigenvalue weighted by Gasteiger charge is 2.09. The van der Waals surface area contributed by atoms with E-state index in [0.29, 0.717) is 27.5 Å². The first-order chi connectivity index (χ1) is 9.51. The number of nitrogen functional groups attached to an aromatic ring is 1. The number of hydrogen-bond donors (Lipinski definition) is 2. The topological polar surface area (TPSA) is 78.9 Å². The molecule has 0 aliphatic rings. The van der Waals surface area contributed by atoms with Crippen LogP contribution in [0, 0.1) is 18.3 Å². The minimum atomic E-state index is -0.277. The van der Waals surface area contributed by atoms with Crippen LogP contribution in [-0.4, -0.2) is 5.91 Å². The number of nitriles is 1. The molecule has 0 bridgehead atoms. The lowest BCUT2D eigenvalue weighted by Crippen LogP contribution is -2.13. The molecular formula is C15H12ClN3O. The molecule has 3 N–H and O–H groups in total. The van der Waals surface area contributed by atoms with Gasteiger partial charge in [0.2, 0.25) is 0 Å². The summed E-state index contributed by atoms with van der Waals surface area (Å²) in [5.74, 6) is -0.277. The Morgan fingerprint density at radius 2 is 2.05 bits per heavy atom. The van der Waals surface area contributed by atoms with Crippen LogP contribution in [-0.2, 0) is 0 Å². The number of carbonyl (C=O) groups is 1. The molecule has 0 unspecified atom stereocenters. The van der Waals surface area contributed by atoms with Crippen LogP contribution >= 0.6 is 11.6 Å². The largest absolute Gasteiger partial charge is 0.397 e. The monoisotopic (exact) mass is 285 g/mol. The van der Waals surface area contributed by atoms with Gasteiger partial charge < -0.3 is 11.1 Å². The third-order valence-corrected chi connectivity index (χ3v) is 3.27. The maximum Gasteiger partial charge on any atom is 0.255 e. The molecule has 100 valence electrons. The molecule has 2 aromatic rings.